The molecule has 0 bridgehead atoms. The molecule has 634 valence electrons. The number of nitrogens with two attached hydrogens (primary N) is 2. The number of nitrogens with one attached hydrogen (secondary N) is 4. The van der Waals surface area contributed by atoms with Crippen LogP contribution in [0.1, 0.15) is 12.5 Å². The lowest BCUT2D eigenvalue weighted by Crippen LogP contribution is -2.46. The van der Waals surface area contributed by atoms with Gasteiger partial charge in [0, 0.05) is 65.2 Å². The maximum atomic E-state index is 12.4. The minimum atomic E-state index is -6.63. The van der Waals surface area contributed by atoms with Crippen LogP contribution in [0.3, 0.4) is 0 Å². The number of nitrogens with zero attached hydrogens (tertiary/aromatic N) is 10. The Morgan fingerprint density at radius 3 is 1.17 bits per heavy atom. The summed E-state index contributed by atoms with van der Waals surface area (Å²) < 4.78 is 164. The molecule has 4 fully saturated rings. The molecule has 11 rings (SSSR count). The molecule has 68 heteroatoms. The summed E-state index contributed by atoms with van der Waals surface area (Å²) in [5.74, 6) is -0.134. The van der Waals surface area contributed by atoms with Gasteiger partial charge in [0.25, 0.3) is 77.0 Å². The number of hydrogen-bond donors (Lipinski definition) is 13. The van der Waals surface area contributed by atoms with Crippen molar-refractivity contribution in [2.24, 2.45) is 0 Å². The number of phosphoric ester groups is 3. The third-order valence-corrected chi connectivity index (χ3v) is 26.6. The van der Waals surface area contributed by atoms with Crippen LogP contribution >= 0.6 is 62.5 Å². The first kappa shape index (κ1) is 90.7. The number of aromatic nitrogens is 10. The first-order valence-electron chi connectivity index (χ1n) is 30.7. The molecule has 6 aliphatic rings. The summed E-state index contributed by atoms with van der Waals surface area (Å²) >= 11 is 0. The third kappa shape index (κ3) is 22.1. The van der Waals surface area contributed by atoms with Crippen molar-refractivity contribution in [3.63, 3.8) is 0 Å². The smallest absolute Gasteiger partial charge is 0.330 e. The number of nitrogen functional groups attached to an aromatic ring is 2. The third-order valence-electron chi connectivity index (χ3n) is 15.9. The molecule has 0 spiro atoms. The van der Waals surface area contributed by atoms with Crippen molar-refractivity contribution in [3.8, 4) is 0 Å². The minimum Gasteiger partial charge on any atom is -0.761 e. The monoisotopic (exact) mass is 1780 g/mol. The van der Waals surface area contributed by atoms with Crippen LogP contribution in [0.5, 0.6) is 0 Å². The number of hydrogen-bond acceptors (Lipinski definition) is 52. The molecule has 4 saturated heterocycles. The molecule has 6 aliphatic heterocycles. The SMILES string of the molecule is COC1C(O)[C@H](N2CN(C)c3c2nc(N)[nH]c3=O)O[C@@H]1COP(=O)([O-])OP(=O)([O-])OP(=O)([O-])OP(=O)([O-])OC[C@H]1O[C@@H](n2ccc(=O)[nH]c2=O)C(O)[C@H]1O.COC1[C@H](COP(=O)([O-])n2ccnc2)O[C@H](N2CN(C)c3c2nc(N)[nH]c3=O)[C@@H]1O.O=c1ccn([C@@H]2O[C@H](COP(=O)([O-])OP(=O)([O-])OP(=O)([O-])O)[C@H](O)C2O)c(=O)[nH]1. The van der Waals surface area contributed by atoms with Crippen LogP contribution in [0.15, 0.2) is 72.0 Å². The molecule has 60 nitrogen and oxygen atoms in total. The van der Waals surface area contributed by atoms with Crippen molar-refractivity contribution in [1.29, 1.82) is 0 Å². The number of anilines is 6. The molecule has 5 aromatic rings. The minimum absolute atomic E-state index is 0.0173. The van der Waals surface area contributed by atoms with Gasteiger partial charge in [-0.25, -0.2) is 36.1 Å². The Bertz CT molecular complexity index is 5050. The molecule has 0 saturated carbocycles. The van der Waals surface area contributed by atoms with E-state index in [1.54, 1.807) is 16.8 Å². The van der Waals surface area contributed by atoms with E-state index in [1.807, 2.05) is 9.97 Å². The van der Waals surface area contributed by atoms with Gasteiger partial charge in [-0.3, -0.25) is 89.1 Å². The van der Waals surface area contributed by atoms with Crippen LogP contribution in [0.25, 0.3) is 0 Å². The van der Waals surface area contributed by atoms with Crippen molar-refractivity contribution in [1.82, 2.24) is 48.4 Å². The summed E-state index contributed by atoms with van der Waals surface area (Å²) in [4.78, 5) is 199. The van der Waals surface area contributed by atoms with E-state index in [9.17, 15) is 135 Å². The second-order valence-electron chi connectivity index (χ2n) is 23.7. The molecule has 0 aliphatic carbocycles. The highest BCUT2D eigenvalue weighted by Gasteiger charge is 2.53. The number of ether oxygens (including phenoxy) is 6. The second kappa shape index (κ2) is 35.1. The molecule has 11 heterocycles. The quantitative estimate of drug-likeness (QED) is 0.0198. The van der Waals surface area contributed by atoms with Gasteiger partial charge in [-0.2, -0.15) is 9.97 Å². The number of aliphatic hydroxyl groups excluding tert-OH is 6. The Kier molecular flexibility index (Phi) is 28.2. The lowest BCUT2D eigenvalue weighted by atomic mass is 10.1. The molecule has 0 radical (unpaired) electrons. The number of aliphatic hydroxyl groups is 6. The fourth-order valence-corrected chi connectivity index (χ4v) is 19.8. The first-order chi connectivity index (χ1) is 52.3. The van der Waals surface area contributed by atoms with Gasteiger partial charge in [0.1, 0.15) is 90.9 Å². The normalized spacial score (nSPS) is 30.4. The van der Waals surface area contributed by atoms with E-state index in [2.05, 4.69) is 60.0 Å². The zero-order chi connectivity index (χ0) is 84.0. The van der Waals surface area contributed by atoms with Crippen molar-refractivity contribution in [3.05, 3.63) is 106 Å². The van der Waals surface area contributed by atoms with Crippen molar-refractivity contribution >= 4 is 97.4 Å². The molecule has 24 atom stereocenters. The molecule has 113 heavy (non-hydrogen) atoms. The predicted octanol–water partition coefficient (Wildman–Crippen LogP) is -12.7. The average molecular weight is 1780 g/mol. The van der Waals surface area contributed by atoms with Gasteiger partial charge < -0.3 is 152 Å². The van der Waals surface area contributed by atoms with Crippen molar-refractivity contribution in [2.75, 3.05) is 99.1 Å². The topological polar surface area (TPSA) is 885 Å². The number of phosphoric acid groups is 7. The number of aromatic amines is 4. The Balaban J connectivity index is 0.000000210. The Morgan fingerprint density at radius 1 is 0.478 bits per heavy atom. The summed E-state index contributed by atoms with van der Waals surface area (Å²) in [5.41, 5.74) is 6.85. The standard InChI is InChI=1S/C21H33N7O22P4.C15H22N7O7P.C9H15N2O15P3/c1-26-7-28(16-11(26)17(33)25-20(22)24-16)19-14(32)15(43-2)9(47-19)6-45-52(37,38)49-54(41,42)50-53(39,40)48-51(35,36)44-5-8-12(30)13(31)18(46-8)27-4-3-10(29)23-21(27)34;1-20-7-22(12-9(20)13(24)19-15(16)18-12)14-10(23)11(27-2)8(29-14)5-28-30(25,26)21-4-3-17-6-21;12-5-1-2-11(9(15)10-5)8-7(14)6(13)4(24-8)3-23-28(19,20)26-29(21,22)25-27(16,17)18/h3-4,8-9,12-15,18-19,30-32H,5-7H2,1-2H3,(H,35,36)(H,37,38)(H,39,40)(H,41,42)(H,23,29,34)(H3,22,24,25,33);3-4,6,8,10-11,14,23H,5,7H2,1-2H3,(H,25,26)(H3,16,18,19,24);1-2,4,6-8,13-14H,3H2,(H,19,20)(H,21,22)(H,10,12,15)(H2,16,17,18)/p-8/t8-,9-,12+,13?,14?,15?,18-,19-;8-,10+,11?,14-;4-,6+,7?,8-/m101/s1. The van der Waals surface area contributed by atoms with Crippen LogP contribution in [-0.4, -0.2) is 238 Å². The van der Waals surface area contributed by atoms with Crippen molar-refractivity contribution in [2.45, 2.75) is 98.2 Å². The highest BCUT2D eigenvalue weighted by Crippen LogP contribution is 2.67. The van der Waals surface area contributed by atoms with E-state index in [4.69, 9.17) is 49.3 Å². The summed E-state index contributed by atoms with van der Waals surface area (Å²) in [6.07, 6.45) is -18.6. The Morgan fingerprint density at radius 2 is 0.823 bits per heavy atom. The molecule has 5 aromatic heterocycles. The number of fused-ring (bicyclic) bond motifs is 2. The zero-order valence-electron chi connectivity index (χ0n) is 57.0. The molecular weight excluding hydrogens is 1720 g/mol. The Hall–Kier alpha value is -6.23. The van der Waals surface area contributed by atoms with Gasteiger partial charge >= 0.3 is 11.4 Å². The van der Waals surface area contributed by atoms with Gasteiger partial charge in [-0.1, -0.05) is 0 Å². The van der Waals surface area contributed by atoms with E-state index >= 15 is 0 Å². The van der Waals surface area contributed by atoms with Gasteiger partial charge in [0.2, 0.25) is 19.6 Å². The maximum absolute atomic E-state index is 12.4. The molecular formula is C45H62N16O44P8-8. The number of imidazole rings is 1. The predicted molar refractivity (Wildman–Crippen MR) is 345 cm³/mol. The molecule has 0 aromatic carbocycles. The lowest BCUT2D eigenvalue weighted by Gasteiger charge is -2.36. The van der Waals surface area contributed by atoms with Crippen LogP contribution in [0.2, 0.25) is 0 Å². The van der Waals surface area contributed by atoms with Crippen LogP contribution < -0.4 is 104 Å². The highest BCUT2D eigenvalue weighted by atomic mass is 31.3. The molecule has 0 amide bonds. The van der Waals surface area contributed by atoms with E-state index in [0.717, 1.165) is 42.3 Å². The number of methoxy groups -OCH3 is 2. The average Bonchev–Trinajstić information content (AvgIpc) is 1.61. The number of rotatable bonds is 29. The number of H-pyrrole nitrogens is 4. The first-order valence-corrected chi connectivity index (χ1v) is 42.5. The second-order valence-corrected chi connectivity index (χ2v) is 35.7. The maximum Gasteiger partial charge on any atom is 0.330 e. The largest absolute Gasteiger partial charge is 0.761 e. The molecule has 15 N–H and O–H groups in total. The Labute approximate surface area is 626 Å². The van der Waals surface area contributed by atoms with E-state index < -0.39 is 221 Å². The fraction of sp³-hybridized carbons (Fsp3) is 0.578. The zero-order valence-corrected chi connectivity index (χ0v) is 64.1. The van der Waals surface area contributed by atoms with Crippen LogP contribution in [-0.2, 0) is 105 Å². The van der Waals surface area contributed by atoms with E-state index in [0.29, 0.717) is 9.13 Å². The summed E-state index contributed by atoms with van der Waals surface area (Å²) in [6, 6.07) is 1.75. The van der Waals surface area contributed by atoms with E-state index in [-0.39, 0.29) is 48.2 Å². The lowest BCUT2D eigenvalue weighted by molar-refractivity contribution is -0.258. The summed E-state index contributed by atoms with van der Waals surface area (Å²) in [7, 11) is -42.2. The fourth-order valence-electron chi connectivity index (χ4n) is 11.3. The van der Waals surface area contributed by atoms with Crippen molar-refractivity contribution < 1.29 is 179 Å². The summed E-state index contributed by atoms with van der Waals surface area (Å²) in [5, 5.41) is 61.9. The highest BCUT2D eigenvalue weighted by molar-refractivity contribution is 7.68. The van der Waals surface area contributed by atoms with Gasteiger partial charge in [-0.15, -0.1) is 0 Å². The summed E-state index contributed by atoms with van der Waals surface area (Å²) in [6.45, 7) is -3.89. The van der Waals surface area contributed by atoms with E-state index in [1.165, 1.54) is 36.4 Å². The van der Waals surface area contributed by atoms with Gasteiger partial charge in [0.05, 0.1) is 39.8 Å². The molecule has 13 unspecified atom stereocenters. The van der Waals surface area contributed by atoms with Gasteiger partial charge in [0.15, 0.2) is 36.5 Å². The van der Waals surface area contributed by atoms with Gasteiger partial charge in [-0.05, 0) is 0 Å². The van der Waals surface area contributed by atoms with Crippen LogP contribution in [0.4, 0.5) is 34.9 Å². The van der Waals surface area contributed by atoms with Crippen LogP contribution in [0, 0.1) is 0 Å².